The predicted octanol–water partition coefficient (Wildman–Crippen LogP) is 3.75. The predicted molar refractivity (Wildman–Crippen MR) is 161 cm³/mol. The van der Waals surface area contributed by atoms with Crippen molar-refractivity contribution >= 4 is 17.5 Å². The molecule has 5 heterocycles. The summed E-state index contributed by atoms with van der Waals surface area (Å²) >= 11 is 0. The van der Waals surface area contributed by atoms with Crippen molar-refractivity contribution in [2.24, 2.45) is 0 Å². The first-order valence-corrected chi connectivity index (χ1v) is 14.8. The smallest absolute Gasteiger partial charge is 0.434 e. The number of likely N-dealkylation sites (N-methyl/N-ethyl adjacent to an activating group) is 1. The van der Waals surface area contributed by atoms with E-state index >= 15 is 0 Å². The molecule has 3 aromatic rings. The molecule has 0 radical (unpaired) electrons. The quantitative estimate of drug-likeness (QED) is 0.379. The van der Waals surface area contributed by atoms with E-state index in [1.807, 2.05) is 31.9 Å². The number of hydrogen-bond acceptors (Lipinski definition) is 9. The normalized spacial score (nSPS) is 17.5. The highest BCUT2D eigenvalue weighted by Gasteiger charge is 2.40. The van der Waals surface area contributed by atoms with E-state index in [0.717, 1.165) is 6.07 Å². The molecule has 2 aliphatic rings. The Kier molecular flexibility index (Phi) is 9.42. The molecule has 0 aliphatic carbocycles. The average Bonchev–Trinajstić information content (AvgIpc) is 3.03. The van der Waals surface area contributed by atoms with E-state index in [2.05, 4.69) is 20.2 Å². The molecule has 0 bridgehead atoms. The van der Waals surface area contributed by atoms with E-state index in [0.29, 0.717) is 48.8 Å². The topological polar surface area (TPSA) is 113 Å². The van der Waals surface area contributed by atoms with Crippen molar-refractivity contribution in [1.82, 2.24) is 30.1 Å². The van der Waals surface area contributed by atoms with Gasteiger partial charge < -0.3 is 29.5 Å². The number of piperazine rings is 1. The summed E-state index contributed by atoms with van der Waals surface area (Å²) in [7, 11) is 3.18. The summed E-state index contributed by atoms with van der Waals surface area (Å²) in [6.45, 7) is 6.04. The molecule has 1 N–H and O–H groups in total. The number of ether oxygens (including phenoxy) is 2. The van der Waals surface area contributed by atoms with Gasteiger partial charge in [0, 0.05) is 68.9 Å². The summed E-state index contributed by atoms with van der Waals surface area (Å²) in [5.74, 6) is -0.888. The van der Waals surface area contributed by atoms with Crippen LogP contribution < -0.4 is 19.7 Å². The number of alkyl halides is 3. The van der Waals surface area contributed by atoms with Crippen molar-refractivity contribution in [1.29, 1.82) is 0 Å². The number of halogens is 3. The van der Waals surface area contributed by atoms with Gasteiger partial charge >= 0.3 is 6.18 Å². The Bertz CT molecular complexity index is 1530. The monoisotopic (exact) mass is 627 g/mol. The lowest BCUT2D eigenvalue weighted by molar-refractivity contribution is -0.141. The molecule has 2 amide bonds. The van der Waals surface area contributed by atoms with Crippen LogP contribution in [0.2, 0.25) is 0 Å². The maximum atomic E-state index is 13.9. The highest BCUT2D eigenvalue weighted by molar-refractivity contribution is 6.00. The standard InChI is InChI=1S/C31H36F3N7O4/c1-5-21-18-40(30(43)22-9-10-25(44-4)37-28(22)31(32,33)34)12-13-41(21)23-14-24(45-6-2)26(19-8-7-11-35-15-19)38-27(23)29(42)36-20-16-39(3)17-20/h7-11,14-15,20-21H,5-6,12-13,16-18H2,1-4H3,(H,36,42)/t21-/m1/s1. The fraction of sp³-hybridized carbons (Fsp3) is 0.452. The zero-order valence-electron chi connectivity index (χ0n) is 25.6. The Morgan fingerprint density at radius 2 is 1.87 bits per heavy atom. The molecule has 2 fully saturated rings. The maximum Gasteiger partial charge on any atom is 0.434 e. The SMILES string of the molecule is CCOc1cc(N2CCN(C(=O)c3ccc(OC)nc3C(F)(F)F)C[C@H]2CC)c(C(=O)NC2CN(C)C2)nc1-c1cccnc1. The zero-order chi connectivity index (χ0) is 32.3. The Labute approximate surface area is 259 Å². The number of likely N-dealkylation sites (tertiary alicyclic amines) is 1. The third-order valence-electron chi connectivity index (χ3n) is 7.95. The molecule has 1 atom stereocenters. The average molecular weight is 628 g/mol. The van der Waals surface area contributed by atoms with Crippen LogP contribution in [-0.4, -0.2) is 102 Å². The molecule has 45 heavy (non-hydrogen) atoms. The zero-order valence-corrected chi connectivity index (χ0v) is 25.6. The Morgan fingerprint density at radius 3 is 2.49 bits per heavy atom. The van der Waals surface area contributed by atoms with Crippen molar-refractivity contribution in [3.05, 3.63) is 59.7 Å². The second-order valence-electron chi connectivity index (χ2n) is 11.0. The molecule has 2 saturated heterocycles. The number of carbonyl (C=O) groups is 2. The van der Waals surface area contributed by atoms with Crippen LogP contribution in [0, 0.1) is 0 Å². The van der Waals surface area contributed by atoms with E-state index in [-0.39, 0.29) is 49.2 Å². The number of nitrogens with zero attached hydrogens (tertiary/aromatic N) is 6. The van der Waals surface area contributed by atoms with Crippen molar-refractivity contribution in [2.45, 2.75) is 38.5 Å². The molecule has 2 aliphatic heterocycles. The molecule has 0 spiro atoms. The molecule has 0 aromatic carbocycles. The first-order valence-electron chi connectivity index (χ1n) is 14.8. The van der Waals surface area contributed by atoms with Gasteiger partial charge in [-0.25, -0.2) is 9.97 Å². The summed E-state index contributed by atoms with van der Waals surface area (Å²) in [6, 6.07) is 7.38. The summed E-state index contributed by atoms with van der Waals surface area (Å²) < 4.78 is 52.5. The van der Waals surface area contributed by atoms with Crippen LogP contribution in [-0.2, 0) is 6.18 Å². The summed E-state index contributed by atoms with van der Waals surface area (Å²) in [5, 5.41) is 3.07. The van der Waals surface area contributed by atoms with Gasteiger partial charge in [-0.15, -0.1) is 0 Å². The van der Waals surface area contributed by atoms with E-state index in [4.69, 9.17) is 14.5 Å². The first-order chi connectivity index (χ1) is 21.5. The number of aromatic nitrogens is 3. The summed E-state index contributed by atoms with van der Waals surface area (Å²) in [4.78, 5) is 45.3. The van der Waals surface area contributed by atoms with Gasteiger partial charge in [-0.3, -0.25) is 14.6 Å². The number of hydrogen-bond donors (Lipinski definition) is 1. The lowest BCUT2D eigenvalue weighted by atomic mass is 10.0. The Hall–Kier alpha value is -4.46. The van der Waals surface area contributed by atoms with Crippen LogP contribution in [0.1, 0.15) is 46.8 Å². The number of rotatable bonds is 9. The number of pyridine rings is 3. The van der Waals surface area contributed by atoms with E-state index in [9.17, 15) is 22.8 Å². The number of amides is 2. The second kappa shape index (κ2) is 13.3. The van der Waals surface area contributed by atoms with Crippen LogP contribution in [0.15, 0.2) is 42.7 Å². The number of anilines is 1. The van der Waals surface area contributed by atoms with Crippen molar-refractivity contribution in [3.63, 3.8) is 0 Å². The minimum atomic E-state index is -4.85. The van der Waals surface area contributed by atoms with Gasteiger partial charge in [-0.1, -0.05) is 6.92 Å². The fourth-order valence-electron chi connectivity index (χ4n) is 5.71. The van der Waals surface area contributed by atoms with Gasteiger partial charge in [0.1, 0.15) is 11.4 Å². The molecule has 14 heteroatoms. The Morgan fingerprint density at radius 1 is 1.09 bits per heavy atom. The van der Waals surface area contributed by atoms with Crippen LogP contribution in [0.25, 0.3) is 11.3 Å². The van der Waals surface area contributed by atoms with Crippen molar-refractivity contribution in [2.75, 3.05) is 58.4 Å². The Balaban J connectivity index is 1.50. The van der Waals surface area contributed by atoms with Gasteiger partial charge in [-0.2, -0.15) is 13.2 Å². The molecule has 240 valence electrons. The van der Waals surface area contributed by atoms with E-state index in [1.165, 1.54) is 18.1 Å². The lowest BCUT2D eigenvalue weighted by Gasteiger charge is -2.43. The molecule has 0 unspecified atom stereocenters. The summed E-state index contributed by atoms with van der Waals surface area (Å²) in [6.07, 6.45) is -1.01. The van der Waals surface area contributed by atoms with Crippen molar-refractivity contribution < 1.29 is 32.2 Å². The lowest BCUT2D eigenvalue weighted by Crippen LogP contribution is -2.58. The fourth-order valence-corrected chi connectivity index (χ4v) is 5.71. The van der Waals surface area contributed by atoms with E-state index in [1.54, 1.807) is 24.5 Å². The van der Waals surface area contributed by atoms with Crippen LogP contribution in [0.5, 0.6) is 11.6 Å². The van der Waals surface area contributed by atoms with E-state index < -0.39 is 23.3 Å². The van der Waals surface area contributed by atoms with Gasteiger partial charge in [0.05, 0.1) is 31.0 Å². The maximum absolute atomic E-state index is 13.9. The van der Waals surface area contributed by atoms with Gasteiger partial charge in [-0.05, 0) is 38.6 Å². The van der Waals surface area contributed by atoms with Crippen molar-refractivity contribution in [3.8, 4) is 22.9 Å². The van der Waals surface area contributed by atoms with Crippen LogP contribution in [0.3, 0.4) is 0 Å². The number of carbonyl (C=O) groups excluding carboxylic acids is 2. The molecule has 11 nitrogen and oxygen atoms in total. The third kappa shape index (κ3) is 6.80. The van der Waals surface area contributed by atoms with Crippen LogP contribution in [0.4, 0.5) is 18.9 Å². The number of methoxy groups -OCH3 is 1. The molecular formula is C31H36F3N7O4. The highest BCUT2D eigenvalue weighted by Crippen LogP contribution is 2.37. The number of nitrogens with one attached hydrogen (secondary N) is 1. The second-order valence-corrected chi connectivity index (χ2v) is 11.0. The largest absolute Gasteiger partial charge is 0.492 e. The molecular weight excluding hydrogens is 591 g/mol. The molecule has 5 rings (SSSR count). The molecule has 3 aromatic heterocycles. The molecule has 0 saturated carbocycles. The highest BCUT2D eigenvalue weighted by atomic mass is 19.4. The minimum absolute atomic E-state index is 0.0251. The van der Waals surface area contributed by atoms with Gasteiger partial charge in [0.25, 0.3) is 11.8 Å². The van der Waals surface area contributed by atoms with Gasteiger partial charge in [0.2, 0.25) is 5.88 Å². The first kappa shape index (κ1) is 31.9. The third-order valence-corrected chi connectivity index (χ3v) is 7.95. The minimum Gasteiger partial charge on any atom is -0.492 e. The summed E-state index contributed by atoms with van der Waals surface area (Å²) in [5.41, 5.74) is 0.0397. The van der Waals surface area contributed by atoms with Crippen LogP contribution >= 0.6 is 0 Å². The van der Waals surface area contributed by atoms with Gasteiger partial charge in [0.15, 0.2) is 11.4 Å².